The Hall–Kier alpha value is -3.03. The molecule has 5 rings (SSSR count). The quantitative estimate of drug-likeness (QED) is 0.436. The number of benzene rings is 2. The van der Waals surface area contributed by atoms with Crippen molar-refractivity contribution < 1.29 is 14.3 Å². The molecule has 37 heavy (non-hydrogen) atoms. The highest BCUT2D eigenvalue weighted by molar-refractivity contribution is 5.83. The van der Waals surface area contributed by atoms with Gasteiger partial charge in [0.15, 0.2) is 11.5 Å². The Morgan fingerprint density at radius 3 is 2.65 bits per heavy atom. The number of aromatic nitrogens is 1. The second-order valence-corrected chi connectivity index (χ2v) is 10.6. The predicted molar refractivity (Wildman–Crippen MR) is 147 cm³/mol. The van der Waals surface area contributed by atoms with Crippen molar-refractivity contribution in [1.29, 1.82) is 0 Å². The first-order chi connectivity index (χ1) is 18.1. The fourth-order valence-corrected chi connectivity index (χ4v) is 6.12. The van der Waals surface area contributed by atoms with Crippen LogP contribution >= 0.6 is 0 Å². The molecule has 1 amide bonds. The maximum atomic E-state index is 13.4. The van der Waals surface area contributed by atoms with Gasteiger partial charge in [-0.15, -0.1) is 0 Å². The molecule has 0 aliphatic carbocycles. The maximum Gasteiger partial charge on any atom is 0.224 e. The lowest BCUT2D eigenvalue weighted by molar-refractivity contribution is -0.127. The van der Waals surface area contributed by atoms with Crippen molar-refractivity contribution in [3.63, 3.8) is 0 Å². The number of hydrogen-bond donors (Lipinski definition) is 2. The number of amides is 1. The van der Waals surface area contributed by atoms with E-state index in [1.54, 1.807) is 14.2 Å². The summed E-state index contributed by atoms with van der Waals surface area (Å²) in [7, 11) is 3.33. The Bertz CT molecular complexity index is 1190. The highest BCUT2D eigenvalue weighted by atomic mass is 16.5. The lowest BCUT2D eigenvalue weighted by atomic mass is 9.87. The average Bonchev–Trinajstić information content (AvgIpc) is 3.58. The molecule has 0 radical (unpaired) electrons. The van der Waals surface area contributed by atoms with Crippen molar-refractivity contribution in [2.75, 3.05) is 53.5 Å². The van der Waals surface area contributed by atoms with Crippen LogP contribution in [0.1, 0.15) is 30.4 Å². The number of piperidine rings is 1. The zero-order valence-electron chi connectivity index (χ0n) is 22.2. The SMILES string of the molecule is COc1ccc(CN2C[C@@H](CN3CCCC3)C[C@@H](C(=O)NCCc3c[nH]c4ccccc34)C2)cc1OC. The van der Waals surface area contributed by atoms with E-state index in [9.17, 15) is 4.79 Å². The van der Waals surface area contributed by atoms with E-state index < -0.39 is 0 Å². The third-order valence-electron chi connectivity index (χ3n) is 7.92. The number of nitrogens with one attached hydrogen (secondary N) is 2. The molecule has 3 aromatic rings. The molecule has 2 aliphatic heterocycles. The van der Waals surface area contributed by atoms with Gasteiger partial charge in [-0.3, -0.25) is 9.69 Å². The number of H-pyrrole nitrogens is 1. The van der Waals surface area contributed by atoms with Crippen LogP contribution < -0.4 is 14.8 Å². The maximum absolute atomic E-state index is 13.4. The van der Waals surface area contributed by atoms with Crippen LogP contribution in [0.4, 0.5) is 0 Å². The largest absolute Gasteiger partial charge is 0.493 e. The molecule has 7 nitrogen and oxygen atoms in total. The molecule has 2 fully saturated rings. The number of carbonyl (C=O) groups excluding carboxylic acids is 1. The molecule has 2 atom stereocenters. The fraction of sp³-hybridized carbons (Fsp3) is 0.500. The summed E-state index contributed by atoms with van der Waals surface area (Å²) in [5.41, 5.74) is 3.58. The highest BCUT2D eigenvalue weighted by Crippen LogP contribution is 2.30. The number of nitrogens with zero attached hydrogens (tertiary/aromatic N) is 2. The Labute approximate surface area is 220 Å². The molecule has 2 N–H and O–H groups in total. The van der Waals surface area contributed by atoms with E-state index in [1.165, 1.54) is 42.4 Å². The third kappa shape index (κ3) is 6.28. The fourth-order valence-electron chi connectivity index (χ4n) is 6.12. The molecule has 0 spiro atoms. The number of likely N-dealkylation sites (tertiary alicyclic amines) is 2. The Morgan fingerprint density at radius 1 is 1.03 bits per heavy atom. The lowest BCUT2D eigenvalue weighted by Crippen LogP contribution is -2.48. The first-order valence-corrected chi connectivity index (χ1v) is 13.6. The van der Waals surface area contributed by atoms with Gasteiger partial charge in [0, 0.05) is 49.8 Å². The first kappa shape index (κ1) is 25.6. The van der Waals surface area contributed by atoms with E-state index >= 15 is 0 Å². The van der Waals surface area contributed by atoms with E-state index in [4.69, 9.17) is 9.47 Å². The zero-order chi connectivity index (χ0) is 25.6. The second kappa shape index (κ2) is 12.0. The summed E-state index contributed by atoms with van der Waals surface area (Å²) >= 11 is 0. The topological polar surface area (TPSA) is 69.8 Å². The molecule has 0 bridgehead atoms. The zero-order valence-corrected chi connectivity index (χ0v) is 22.2. The third-order valence-corrected chi connectivity index (χ3v) is 7.92. The molecule has 198 valence electrons. The molecule has 7 heteroatoms. The summed E-state index contributed by atoms with van der Waals surface area (Å²) in [5.74, 6) is 2.17. The summed E-state index contributed by atoms with van der Waals surface area (Å²) in [5, 5.41) is 4.49. The summed E-state index contributed by atoms with van der Waals surface area (Å²) in [6.07, 6.45) is 6.43. The number of rotatable bonds is 10. The van der Waals surface area contributed by atoms with Crippen molar-refractivity contribution in [3.8, 4) is 11.5 Å². The Kier molecular flexibility index (Phi) is 8.31. The van der Waals surface area contributed by atoms with Gasteiger partial charge in [0.2, 0.25) is 5.91 Å². The van der Waals surface area contributed by atoms with Gasteiger partial charge in [0.25, 0.3) is 0 Å². The minimum absolute atomic E-state index is 0.00414. The number of fused-ring (bicyclic) bond motifs is 1. The van der Waals surface area contributed by atoms with Crippen molar-refractivity contribution in [2.24, 2.45) is 11.8 Å². The number of ether oxygens (including phenoxy) is 2. The molecule has 0 saturated carbocycles. The molecule has 2 aromatic carbocycles. The number of methoxy groups -OCH3 is 2. The van der Waals surface area contributed by atoms with Crippen LogP contribution in [0.5, 0.6) is 11.5 Å². The van der Waals surface area contributed by atoms with E-state index in [2.05, 4.69) is 56.6 Å². The average molecular weight is 505 g/mol. The van der Waals surface area contributed by atoms with E-state index in [1.807, 2.05) is 12.1 Å². The van der Waals surface area contributed by atoms with Crippen molar-refractivity contribution >= 4 is 16.8 Å². The molecular formula is C30H40N4O3. The van der Waals surface area contributed by atoms with E-state index in [0.717, 1.165) is 56.0 Å². The number of carbonyl (C=O) groups is 1. The predicted octanol–water partition coefficient (Wildman–Crippen LogP) is 4.08. The van der Waals surface area contributed by atoms with Crippen LogP contribution in [0.2, 0.25) is 0 Å². The molecule has 2 saturated heterocycles. The summed E-state index contributed by atoms with van der Waals surface area (Å²) < 4.78 is 10.9. The number of para-hydroxylation sites is 1. The van der Waals surface area contributed by atoms with Crippen LogP contribution in [0.3, 0.4) is 0 Å². The van der Waals surface area contributed by atoms with Gasteiger partial charge >= 0.3 is 0 Å². The summed E-state index contributed by atoms with van der Waals surface area (Å²) in [6, 6.07) is 14.5. The Balaban J connectivity index is 1.23. The Morgan fingerprint density at radius 2 is 1.84 bits per heavy atom. The van der Waals surface area contributed by atoms with Crippen LogP contribution in [-0.2, 0) is 17.8 Å². The van der Waals surface area contributed by atoms with Crippen LogP contribution in [-0.4, -0.2) is 74.2 Å². The van der Waals surface area contributed by atoms with Gasteiger partial charge in [0.1, 0.15) is 0 Å². The monoisotopic (exact) mass is 504 g/mol. The molecular weight excluding hydrogens is 464 g/mol. The van der Waals surface area contributed by atoms with Crippen LogP contribution in [0.15, 0.2) is 48.7 Å². The minimum atomic E-state index is 0.00414. The van der Waals surface area contributed by atoms with Crippen LogP contribution in [0.25, 0.3) is 10.9 Å². The van der Waals surface area contributed by atoms with Gasteiger partial charge in [0.05, 0.1) is 20.1 Å². The lowest BCUT2D eigenvalue weighted by Gasteiger charge is -2.38. The highest BCUT2D eigenvalue weighted by Gasteiger charge is 2.33. The summed E-state index contributed by atoms with van der Waals surface area (Å²) in [6.45, 7) is 6.72. The number of aromatic amines is 1. The summed E-state index contributed by atoms with van der Waals surface area (Å²) in [4.78, 5) is 21.7. The van der Waals surface area contributed by atoms with Gasteiger partial charge in [-0.2, -0.15) is 0 Å². The molecule has 1 aromatic heterocycles. The van der Waals surface area contributed by atoms with Crippen molar-refractivity contribution in [1.82, 2.24) is 20.1 Å². The second-order valence-electron chi connectivity index (χ2n) is 10.6. The smallest absolute Gasteiger partial charge is 0.224 e. The van der Waals surface area contributed by atoms with Crippen LogP contribution in [0, 0.1) is 11.8 Å². The standard InChI is InChI=1S/C30H40N4O3/c1-36-28-10-9-22(16-29(28)37-2)18-34-20-23(19-33-13-5-6-14-33)15-25(21-34)30(35)31-12-11-24-17-32-27-8-4-3-7-26(24)27/h3-4,7-10,16-17,23,25,32H,5-6,11-15,18-21H2,1-2H3,(H,31,35)/t23-,25-/m1/s1. The van der Waals surface area contributed by atoms with Crippen molar-refractivity contribution in [2.45, 2.75) is 32.2 Å². The van der Waals surface area contributed by atoms with Gasteiger partial charge in [-0.25, -0.2) is 0 Å². The number of hydrogen-bond acceptors (Lipinski definition) is 5. The minimum Gasteiger partial charge on any atom is -0.493 e. The van der Waals surface area contributed by atoms with Gasteiger partial charge in [-0.05, 0) is 74.0 Å². The molecule has 3 heterocycles. The molecule has 2 aliphatic rings. The van der Waals surface area contributed by atoms with Gasteiger partial charge < -0.3 is 24.7 Å². The molecule has 0 unspecified atom stereocenters. The normalized spacial score (nSPS) is 20.8. The first-order valence-electron chi connectivity index (χ1n) is 13.6. The van der Waals surface area contributed by atoms with E-state index in [-0.39, 0.29) is 11.8 Å². The van der Waals surface area contributed by atoms with Gasteiger partial charge in [-0.1, -0.05) is 24.3 Å². The van der Waals surface area contributed by atoms with E-state index in [0.29, 0.717) is 12.5 Å². The van der Waals surface area contributed by atoms with Crippen molar-refractivity contribution in [3.05, 3.63) is 59.8 Å².